The van der Waals surface area contributed by atoms with Crippen LogP contribution in [0.1, 0.15) is 26.7 Å². The minimum absolute atomic E-state index is 0.0366. The zero-order valence-corrected chi connectivity index (χ0v) is 13.5. The van der Waals surface area contributed by atoms with Crippen molar-refractivity contribution >= 4 is 28.9 Å². The second-order valence-electron chi connectivity index (χ2n) is 6.15. The van der Waals surface area contributed by atoms with Crippen LogP contribution in [0.5, 0.6) is 0 Å². The highest BCUT2D eigenvalue weighted by Crippen LogP contribution is 2.25. The van der Waals surface area contributed by atoms with E-state index in [2.05, 4.69) is 24.1 Å². The standard InChI is InChI=1S/C16H24ClN3O/c1-11(2)12-5-7-20(8-6-12)10-16(21)19-15-9-13(18)3-4-14(15)17/h3-4,9,11-12H,5-8,10,18H2,1-2H3,(H,19,21). The van der Waals surface area contributed by atoms with Crippen molar-refractivity contribution in [1.82, 2.24) is 4.90 Å². The molecule has 1 aliphatic rings. The van der Waals surface area contributed by atoms with E-state index in [0.717, 1.165) is 24.9 Å². The van der Waals surface area contributed by atoms with Crippen molar-refractivity contribution in [2.24, 2.45) is 11.8 Å². The first-order valence-corrected chi connectivity index (χ1v) is 7.90. The molecule has 0 spiro atoms. The van der Waals surface area contributed by atoms with Crippen molar-refractivity contribution in [1.29, 1.82) is 0 Å². The number of nitrogens with zero attached hydrogens (tertiary/aromatic N) is 1. The predicted molar refractivity (Wildman–Crippen MR) is 88.5 cm³/mol. The van der Waals surface area contributed by atoms with E-state index in [1.54, 1.807) is 18.2 Å². The lowest BCUT2D eigenvalue weighted by Gasteiger charge is -2.33. The van der Waals surface area contributed by atoms with Crippen LogP contribution in [0.3, 0.4) is 0 Å². The number of nitrogens with two attached hydrogens (primary N) is 1. The number of anilines is 2. The van der Waals surface area contributed by atoms with Gasteiger partial charge in [0.15, 0.2) is 0 Å². The van der Waals surface area contributed by atoms with Crippen LogP contribution in [0.25, 0.3) is 0 Å². The van der Waals surface area contributed by atoms with E-state index in [1.165, 1.54) is 12.8 Å². The van der Waals surface area contributed by atoms with Crippen molar-refractivity contribution in [2.75, 3.05) is 30.7 Å². The third kappa shape index (κ3) is 4.61. The molecule has 3 N–H and O–H groups in total. The second-order valence-corrected chi connectivity index (χ2v) is 6.55. The summed E-state index contributed by atoms with van der Waals surface area (Å²) in [6.07, 6.45) is 2.34. The number of likely N-dealkylation sites (tertiary alicyclic amines) is 1. The molecule has 1 aliphatic heterocycles. The van der Waals surface area contributed by atoms with Gasteiger partial charge in [-0.15, -0.1) is 0 Å². The highest BCUT2D eigenvalue weighted by atomic mass is 35.5. The summed E-state index contributed by atoms with van der Waals surface area (Å²) < 4.78 is 0. The minimum atomic E-state index is -0.0366. The number of hydrogen-bond acceptors (Lipinski definition) is 3. The van der Waals surface area contributed by atoms with E-state index in [4.69, 9.17) is 17.3 Å². The number of nitrogens with one attached hydrogen (secondary N) is 1. The summed E-state index contributed by atoms with van der Waals surface area (Å²) >= 11 is 6.05. The molecule has 5 heteroatoms. The van der Waals surface area contributed by atoms with Gasteiger partial charge in [-0.05, 0) is 56.0 Å². The molecular formula is C16H24ClN3O. The van der Waals surface area contributed by atoms with Crippen LogP contribution >= 0.6 is 11.6 Å². The van der Waals surface area contributed by atoms with Crippen LogP contribution in [0.15, 0.2) is 18.2 Å². The zero-order valence-electron chi connectivity index (χ0n) is 12.7. The Hall–Kier alpha value is -1.26. The fourth-order valence-electron chi connectivity index (χ4n) is 2.81. The third-order valence-corrected chi connectivity index (χ3v) is 4.54. The summed E-state index contributed by atoms with van der Waals surface area (Å²) in [4.78, 5) is 14.3. The van der Waals surface area contributed by atoms with Gasteiger partial charge in [0, 0.05) is 5.69 Å². The van der Waals surface area contributed by atoms with Gasteiger partial charge in [-0.1, -0.05) is 25.4 Å². The molecule has 1 aromatic rings. The largest absolute Gasteiger partial charge is 0.399 e. The van der Waals surface area contributed by atoms with Gasteiger partial charge in [-0.3, -0.25) is 9.69 Å². The first-order chi connectivity index (χ1) is 9.95. The zero-order chi connectivity index (χ0) is 15.4. The Balaban J connectivity index is 1.84. The molecule has 1 saturated heterocycles. The SMILES string of the molecule is CC(C)C1CCN(CC(=O)Nc2cc(N)ccc2Cl)CC1. The van der Waals surface area contributed by atoms with E-state index >= 15 is 0 Å². The summed E-state index contributed by atoms with van der Waals surface area (Å²) in [7, 11) is 0. The first-order valence-electron chi connectivity index (χ1n) is 7.53. The maximum atomic E-state index is 12.1. The van der Waals surface area contributed by atoms with Crippen LogP contribution in [0, 0.1) is 11.8 Å². The van der Waals surface area contributed by atoms with Gasteiger partial charge in [-0.25, -0.2) is 0 Å². The lowest BCUT2D eigenvalue weighted by Crippen LogP contribution is -2.40. The summed E-state index contributed by atoms with van der Waals surface area (Å²) in [5.41, 5.74) is 6.88. The number of halogens is 1. The average Bonchev–Trinajstić information content (AvgIpc) is 2.43. The summed E-state index contributed by atoms with van der Waals surface area (Å²) in [5, 5.41) is 3.35. The van der Waals surface area contributed by atoms with E-state index < -0.39 is 0 Å². The molecule has 4 nitrogen and oxygen atoms in total. The molecule has 116 valence electrons. The Labute approximate surface area is 131 Å². The predicted octanol–water partition coefficient (Wildman–Crippen LogP) is 3.23. The molecule has 0 bridgehead atoms. The lowest BCUT2D eigenvalue weighted by molar-refractivity contribution is -0.117. The van der Waals surface area contributed by atoms with Crippen molar-refractivity contribution in [3.05, 3.63) is 23.2 Å². The molecule has 0 aromatic heterocycles. The fraction of sp³-hybridized carbons (Fsp3) is 0.562. The van der Waals surface area contributed by atoms with E-state index in [9.17, 15) is 4.79 Å². The Morgan fingerprint density at radius 2 is 2.10 bits per heavy atom. The van der Waals surface area contributed by atoms with Crippen LogP contribution in [-0.2, 0) is 4.79 Å². The van der Waals surface area contributed by atoms with E-state index in [1.807, 2.05) is 0 Å². The number of carbonyl (C=O) groups is 1. The second kappa shape index (κ2) is 7.14. The smallest absolute Gasteiger partial charge is 0.238 e. The van der Waals surface area contributed by atoms with Crippen molar-refractivity contribution in [2.45, 2.75) is 26.7 Å². The Morgan fingerprint density at radius 1 is 1.43 bits per heavy atom. The van der Waals surface area contributed by atoms with Gasteiger partial charge in [-0.2, -0.15) is 0 Å². The number of amides is 1. The topological polar surface area (TPSA) is 58.4 Å². The molecule has 1 fully saturated rings. The maximum Gasteiger partial charge on any atom is 0.238 e. The molecule has 0 radical (unpaired) electrons. The van der Waals surface area contributed by atoms with Gasteiger partial charge >= 0.3 is 0 Å². The molecule has 0 unspecified atom stereocenters. The minimum Gasteiger partial charge on any atom is -0.399 e. The van der Waals surface area contributed by atoms with Crippen LogP contribution < -0.4 is 11.1 Å². The molecule has 21 heavy (non-hydrogen) atoms. The number of carbonyl (C=O) groups excluding carboxylic acids is 1. The fourth-order valence-corrected chi connectivity index (χ4v) is 2.97. The molecule has 1 aromatic carbocycles. The van der Waals surface area contributed by atoms with Gasteiger partial charge in [0.05, 0.1) is 17.3 Å². The third-order valence-electron chi connectivity index (χ3n) is 4.21. The van der Waals surface area contributed by atoms with Crippen LogP contribution in [0.2, 0.25) is 5.02 Å². The molecule has 0 aliphatic carbocycles. The lowest BCUT2D eigenvalue weighted by atomic mass is 9.87. The highest BCUT2D eigenvalue weighted by molar-refractivity contribution is 6.33. The first kappa shape index (κ1) is 16.1. The molecule has 1 amide bonds. The Kier molecular flexibility index (Phi) is 5.48. The van der Waals surface area contributed by atoms with Crippen molar-refractivity contribution < 1.29 is 4.79 Å². The summed E-state index contributed by atoms with van der Waals surface area (Å²) in [6.45, 7) is 6.93. The molecule has 2 rings (SSSR count). The van der Waals surface area contributed by atoms with Gasteiger partial charge < -0.3 is 11.1 Å². The number of nitrogen functional groups attached to an aromatic ring is 1. The van der Waals surface area contributed by atoms with Crippen LogP contribution in [0.4, 0.5) is 11.4 Å². The number of rotatable bonds is 4. The van der Waals surface area contributed by atoms with E-state index in [0.29, 0.717) is 22.9 Å². The Bertz CT molecular complexity index is 496. The number of piperidine rings is 1. The van der Waals surface area contributed by atoms with Gasteiger partial charge in [0.25, 0.3) is 0 Å². The molecule has 0 saturated carbocycles. The Morgan fingerprint density at radius 3 is 2.71 bits per heavy atom. The monoisotopic (exact) mass is 309 g/mol. The number of hydrogen-bond donors (Lipinski definition) is 2. The molecular weight excluding hydrogens is 286 g/mol. The highest BCUT2D eigenvalue weighted by Gasteiger charge is 2.22. The van der Waals surface area contributed by atoms with Crippen molar-refractivity contribution in [3.8, 4) is 0 Å². The molecule has 0 atom stereocenters. The quantitative estimate of drug-likeness (QED) is 0.840. The van der Waals surface area contributed by atoms with Gasteiger partial charge in [0.2, 0.25) is 5.91 Å². The summed E-state index contributed by atoms with van der Waals surface area (Å²) in [6, 6.07) is 5.10. The van der Waals surface area contributed by atoms with Crippen molar-refractivity contribution in [3.63, 3.8) is 0 Å². The maximum absolute atomic E-state index is 12.1. The normalized spacial score (nSPS) is 17.1. The van der Waals surface area contributed by atoms with Crippen LogP contribution in [-0.4, -0.2) is 30.4 Å². The number of benzene rings is 1. The van der Waals surface area contributed by atoms with Gasteiger partial charge in [0.1, 0.15) is 0 Å². The van der Waals surface area contributed by atoms with E-state index in [-0.39, 0.29) is 5.91 Å². The average molecular weight is 310 g/mol. The summed E-state index contributed by atoms with van der Waals surface area (Å²) in [5.74, 6) is 1.48. The molecule has 1 heterocycles.